The van der Waals surface area contributed by atoms with Crippen LogP contribution in [-0.4, -0.2) is 23.2 Å². The third-order valence-electron chi connectivity index (χ3n) is 7.75. The molecule has 0 spiro atoms. The molecule has 0 bridgehead atoms. The molecule has 3 aromatic carbocycles. The minimum absolute atomic E-state index is 0.982. The van der Waals surface area contributed by atoms with Crippen LogP contribution in [0.2, 0.25) is 10.5 Å². The molecular formula is C34H33GeN3. The van der Waals surface area contributed by atoms with Crippen LogP contribution in [0.4, 0.5) is 11.4 Å². The summed E-state index contributed by atoms with van der Waals surface area (Å²) in [7, 11) is 0. The number of para-hydroxylation sites is 1. The molecule has 0 saturated carbocycles. The Morgan fingerprint density at radius 1 is 0.658 bits per heavy atom. The fourth-order valence-corrected chi connectivity index (χ4v) is 17.8. The summed E-state index contributed by atoms with van der Waals surface area (Å²) in [5, 5.41) is 6.35. The van der Waals surface area contributed by atoms with Gasteiger partial charge in [-0.2, -0.15) is 0 Å². The predicted octanol–water partition coefficient (Wildman–Crippen LogP) is 7.92. The van der Waals surface area contributed by atoms with Crippen molar-refractivity contribution >= 4 is 33.4 Å². The molecule has 3 heterocycles. The van der Waals surface area contributed by atoms with Crippen LogP contribution >= 0.6 is 0 Å². The molecule has 2 aromatic heterocycles. The molecule has 0 saturated heterocycles. The standard InChI is InChI=1S/C34H33GeN3/c1-3-21-35(22-4-2)28-16-11-18-32(37-27-14-6-5-7-15-27)33(28)34-29(35)19-20-31(38-34)26-13-10-12-25(24-26)30-17-8-9-23-36-30/h5-20,23-24,37H,3-4,21-22H2,1-2H3. The molecule has 188 valence electrons. The summed E-state index contributed by atoms with van der Waals surface area (Å²) in [4.78, 5) is 10.0. The Labute approximate surface area is 228 Å². The summed E-state index contributed by atoms with van der Waals surface area (Å²) < 4.78 is 3.15. The Balaban J connectivity index is 1.52. The molecule has 5 aromatic rings. The SMILES string of the molecule is CC[CH2][Ge]1([CH2]CC)[c]2ccc(-c3cccc(-c4ccccn4)c3)nc2-c2c(Nc3ccccc3)ccc[c]21. The monoisotopic (exact) mass is 557 g/mol. The van der Waals surface area contributed by atoms with Gasteiger partial charge in [-0.05, 0) is 0 Å². The molecule has 0 fully saturated rings. The van der Waals surface area contributed by atoms with Gasteiger partial charge in [0.1, 0.15) is 0 Å². The van der Waals surface area contributed by atoms with E-state index in [1.54, 1.807) is 8.79 Å². The number of pyridine rings is 2. The topological polar surface area (TPSA) is 37.8 Å². The van der Waals surface area contributed by atoms with Crippen molar-refractivity contribution < 1.29 is 0 Å². The van der Waals surface area contributed by atoms with Gasteiger partial charge in [-0.15, -0.1) is 0 Å². The van der Waals surface area contributed by atoms with E-state index in [0.29, 0.717) is 0 Å². The molecule has 1 N–H and O–H groups in total. The summed E-state index contributed by atoms with van der Waals surface area (Å²) >= 11 is -2.59. The van der Waals surface area contributed by atoms with E-state index in [-0.39, 0.29) is 0 Å². The van der Waals surface area contributed by atoms with E-state index in [2.05, 4.69) is 115 Å². The molecule has 0 amide bonds. The number of hydrogen-bond donors (Lipinski definition) is 1. The Morgan fingerprint density at radius 2 is 1.39 bits per heavy atom. The van der Waals surface area contributed by atoms with Crippen LogP contribution in [0.3, 0.4) is 0 Å². The van der Waals surface area contributed by atoms with Gasteiger partial charge in [-0.1, -0.05) is 0 Å². The van der Waals surface area contributed by atoms with Crippen LogP contribution in [0.15, 0.2) is 109 Å². The van der Waals surface area contributed by atoms with E-state index in [1.807, 2.05) is 18.3 Å². The third kappa shape index (κ3) is 4.35. The van der Waals surface area contributed by atoms with Crippen molar-refractivity contribution in [2.24, 2.45) is 0 Å². The molecule has 4 heteroatoms. The van der Waals surface area contributed by atoms with Gasteiger partial charge in [0.15, 0.2) is 0 Å². The van der Waals surface area contributed by atoms with Gasteiger partial charge in [0, 0.05) is 0 Å². The number of anilines is 2. The van der Waals surface area contributed by atoms with Gasteiger partial charge < -0.3 is 0 Å². The number of nitrogens with one attached hydrogen (secondary N) is 1. The number of rotatable bonds is 8. The first-order valence-electron chi connectivity index (χ1n) is 13.7. The molecular weight excluding hydrogens is 523 g/mol. The van der Waals surface area contributed by atoms with E-state index in [1.165, 1.54) is 40.3 Å². The number of hydrogen-bond acceptors (Lipinski definition) is 3. The van der Waals surface area contributed by atoms with Crippen LogP contribution in [0, 0.1) is 0 Å². The van der Waals surface area contributed by atoms with E-state index in [0.717, 1.165) is 28.2 Å². The average Bonchev–Trinajstić information content (AvgIpc) is 3.24. The molecule has 0 radical (unpaired) electrons. The Hall–Kier alpha value is -3.70. The van der Waals surface area contributed by atoms with Crippen LogP contribution in [0.25, 0.3) is 33.8 Å². The number of benzene rings is 3. The zero-order valence-electron chi connectivity index (χ0n) is 22.1. The van der Waals surface area contributed by atoms with Crippen molar-refractivity contribution in [3.8, 4) is 33.8 Å². The minimum atomic E-state index is -2.59. The first-order valence-corrected chi connectivity index (χ1v) is 18.8. The second-order valence-electron chi connectivity index (χ2n) is 10.2. The van der Waals surface area contributed by atoms with Crippen LogP contribution < -0.4 is 14.1 Å². The molecule has 3 nitrogen and oxygen atoms in total. The summed E-state index contributed by atoms with van der Waals surface area (Å²) in [5.74, 6) is 0. The van der Waals surface area contributed by atoms with Crippen LogP contribution in [0.5, 0.6) is 0 Å². The van der Waals surface area contributed by atoms with E-state index < -0.39 is 13.3 Å². The van der Waals surface area contributed by atoms with Crippen molar-refractivity contribution in [1.29, 1.82) is 0 Å². The van der Waals surface area contributed by atoms with Crippen molar-refractivity contribution in [1.82, 2.24) is 9.97 Å². The van der Waals surface area contributed by atoms with Gasteiger partial charge in [-0.25, -0.2) is 0 Å². The van der Waals surface area contributed by atoms with E-state index in [4.69, 9.17) is 4.98 Å². The van der Waals surface area contributed by atoms with Crippen molar-refractivity contribution in [2.75, 3.05) is 5.32 Å². The fourth-order valence-electron chi connectivity index (χ4n) is 6.22. The second-order valence-corrected chi connectivity index (χ2v) is 19.1. The maximum atomic E-state index is 5.45. The molecule has 0 atom stereocenters. The van der Waals surface area contributed by atoms with E-state index >= 15 is 0 Å². The van der Waals surface area contributed by atoms with Crippen LogP contribution in [0.1, 0.15) is 26.7 Å². The van der Waals surface area contributed by atoms with Crippen molar-refractivity contribution in [3.63, 3.8) is 0 Å². The molecule has 1 aliphatic heterocycles. The van der Waals surface area contributed by atoms with E-state index in [9.17, 15) is 0 Å². The predicted molar refractivity (Wildman–Crippen MR) is 163 cm³/mol. The van der Waals surface area contributed by atoms with Crippen molar-refractivity contribution in [3.05, 3.63) is 109 Å². The first kappa shape index (κ1) is 24.6. The number of fused-ring (bicyclic) bond motifs is 3. The summed E-state index contributed by atoms with van der Waals surface area (Å²) in [6, 6.07) is 36.8. The summed E-state index contributed by atoms with van der Waals surface area (Å²) in [5.41, 5.74) is 9.04. The molecule has 6 rings (SSSR count). The normalized spacial score (nSPS) is 13.1. The maximum absolute atomic E-state index is 5.45. The molecule has 1 aliphatic rings. The fraction of sp³-hybridized carbons (Fsp3) is 0.176. The quantitative estimate of drug-likeness (QED) is 0.198. The first-order chi connectivity index (χ1) is 18.7. The summed E-state index contributed by atoms with van der Waals surface area (Å²) in [6.07, 6.45) is 4.27. The Morgan fingerprint density at radius 3 is 2.13 bits per heavy atom. The number of nitrogens with zero attached hydrogens (tertiary/aromatic N) is 2. The Bertz CT molecular complexity index is 1560. The molecule has 0 aliphatic carbocycles. The van der Waals surface area contributed by atoms with Gasteiger partial charge in [0.25, 0.3) is 0 Å². The Kier molecular flexibility index (Phi) is 6.86. The third-order valence-corrected chi connectivity index (χ3v) is 19.5. The molecule has 38 heavy (non-hydrogen) atoms. The summed E-state index contributed by atoms with van der Waals surface area (Å²) in [6.45, 7) is 4.69. The van der Waals surface area contributed by atoms with Crippen LogP contribution in [-0.2, 0) is 0 Å². The van der Waals surface area contributed by atoms with Gasteiger partial charge >= 0.3 is 229 Å². The average molecular weight is 556 g/mol. The van der Waals surface area contributed by atoms with Gasteiger partial charge in [0.2, 0.25) is 0 Å². The van der Waals surface area contributed by atoms with Crippen molar-refractivity contribution in [2.45, 2.75) is 37.2 Å². The van der Waals surface area contributed by atoms with Gasteiger partial charge in [0.05, 0.1) is 0 Å². The van der Waals surface area contributed by atoms with Gasteiger partial charge in [-0.3, -0.25) is 0 Å². The zero-order valence-corrected chi connectivity index (χ0v) is 24.2. The second kappa shape index (κ2) is 10.6. The number of aromatic nitrogens is 2. The molecule has 0 unspecified atom stereocenters. The zero-order chi connectivity index (χ0) is 26.0.